The van der Waals surface area contributed by atoms with Crippen LogP contribution in [-0.4, -0.2) is 65.6 Å². The molecule has 0 radical (unpaired) electrons. The molecule has 2 aliphatic rings. The first-order valence-electron chi connectivity index (χ1n) is 14.2. The number of fused-ring (bicyclic) bond motifs is 1. The number of alkyl halides is 3. The van der Waals surface area contributed by atoms with E-state index >= 15 is 0 Å². The van der Waals surface area contributed by atoms with Crippen molar-refractivity contribution in [2.45, 2.75) is 58.7 Å². The van der Waals surface area contributed by atoms with E-state index < -0.39 is 34.5 Å². The number of ether oxygens (including phenoxy) is 1. The number of rotatable bonds is 4. The van der Waals surface area contributed by atoms with E-state index in [1.807, 2.05) is 40.7 Å². The van der Waals surface area contributed by atoms with Gasteiger partial charge in [0.2, 0.25) is 0 Å². The van der Waals surface area contributed by atoms with Gasteiger partial charge in [-0.15, -0.1) is 0 Å². The fourth-order valence-corrected chi connectivity index (χ4v) is 6.22. The molecule has 12 heteroatoms. The molecule has 0 saturated carbocycles. The fourth-order valence-electron chi connectivity index (χ4n) is 6.22. The number of carbonyl (C=O) groups excluding carboxylic acids is 2. The average molecular weight is 614 g/mol. The van der Waals surface area contributed by atoms with Gasteiger partial charge in [0.1, 0.15) is 17.3 Å². The highest BCUT2D eigenvalue weighted by molar-refractivity contribution is 5.94. The molecule has 2 aliphatic heterocycles. The van der Waals surface area contributed by atoms with Crippen molar-refractivity contribution in [3.8, 4) is 0 Å². The van der Waals surface area contributed by atoms with Gasteiger partial charge in [-0.1, -0.05) is 13.8 Å². The molecule has 0 aliphatic carbocycles. The molecular formula is C32H35F4N5O3. The smallest absolute Gasteiger partial charge is 0.419 e. The Kier molecular flexibility index (Phi) is 7.62. The van der Waals surface area contributed by atoms with Crippen molar-refractivity contribution < 1.29 is 31.9 Å². The highest BCUT2D eigenvalue weighted by Gasteiger charge is 2.42. The topological polar surface area (TPSA) is 78.9 Å². The number of pyridine rings is 2. The molecule has 4 heterocycles. The van der Waals surface area contributed by atoms with Crippen molar-refractivity contribution in [1.29, 1.82) is 0 Å². The van der Waals surface area contributed by atoms with Crippen LogP contribution in [0.1, 0.15) is 71.1 Å². The molecule has 2 aromatic heterocycles. The minimum Gasteiger partial charge on any atom is -0.465 e. The Morgan fingerprint density at radius 2 is 1.66 bits per heavy atom. The van der Waals surface area contributed by atoms with Gasteiger partial charge in [0.05, 0.1) is 40.9 Å². The average Bonchev–Trinajstić information content (AvgIpc) is 3.20. The second kappa shape index (κ2) is 10.7. The Morgan fingerprint density at radius 3 is 2.25 bits per heavy atom. The molecule has 1 aromatic carbocycles. The van der Waals surface area contributed by atoms with Crippen molar-refractivity contribution >= 4 is 29.1 Å². The van der Waals surface area contributed by atoms with E-state index in [2.05, 4.69) is 9.88 Å². The summed E-state index contributed by atoms with van der Waals surface area (Å²) in [4.78, 5) is 41.1. The summed E-state index contributed by atoms with van der Waals surface area (Å²) in [7, 11) is 1.33. The molecule has 234 valence electrons. The first-order chi connectivity index (χ1) is 20.4. The van der Waals surface area contributed by atoms with Gasteiger partial charge in [0.25, 0.3) is 5.91 Å². The standard InChI is InChI=1S/C32H35F4N5O3/c1-18-14-25(37-19(2)26(18)29(43)44-7)39-12-13-41(31(5,6)17-39)28(42)23-10-11-24-27(38-23)30(3,4)16-40(24)20-8-9-21(22(33)15-20)32(34,35)36/h8-11,14-15H,12-13,16-17H2,1-7H3. The van der Waals surface area contributed by atoms with Gasteiger partial charge in [0, 0.05) is 37.3 Å². The lowest BCUT2D eigenvalue weighted by Gasteiger charge is -2.47. The summed E-state index contributed by atoms with van der Waals surface area (Å²) in [5, 5.41) is 0. The predicted molar refractivity (Wildman–Crippen MR) is 158 cm³/mol. The lowest BCUT2D eigenvalue weighted by molar-refractivity contribution is -0.140. The zero-order valence-corrected chi connectivity index (χ0v) is 25.8. The number of hydrogen-bond acceptors (Lipinski definition) is 7. The van der Waals surface area contributed by atoms with Gasteiger partial charge in [0.15, 0.2) is 0 Å². The van der Waals surface area contributed by atoms with Crippen LogP contribution in [0.2, 0.25) is 0 Å². The summed E-state index contributed by atoms with van der Waals surface area (Å²) in [5.41, 5.74) is 1.05. The quantitative estimate of drug-likeness (QED) is 0.256. The summed E-state index contributed by atoms with van der Waals surface area (Å²) in [6, 6.07) is 8.06. The summed E-state index contributed by atoms with van der Waals surface area (Å²) < 4.78 is 58.7. The van der Waals surface area contributed by atoms with Crippen LogP contribution in [-0.2, 0) is 16.3 Å². The molecule has 8 nitrogen and oxygen atoms in total. The molecule has 0 spiro atoms. The fraction of sp³-hybridized carbons (Fsp3) is 0.438. The third kappa shape index (κ3) is 5.46. The SMILES string of the molecule is COC(=O)c1c(C)cc(N2CCN(C(=O)c3ccc4c(n3)C(C)(C)CN4c3ccc(C(F)(F)F)c(F)c3)C(C)(C)C2)nc1C. The maximum atomic E-state index is 14.4. The van der Waals surface area contributed by atoms with Crippen LogP contribution in [0.5, 0.6) is 0 Å². The van der Waals surface area contributed by atoms with Crippen LogP contribution >= 0.6 is 0 Å². The highest BCUT2D eigenvalue weighted by atomic mass is 19.4. The number of aromatic nitrogens is 2. The molecule has 5 rings (SSSR count). The summed E-state index contributed by atoms with van der Waals surface area (Å²) in [6.45, 7) is 13.2. The minimum atomic E-state index is -4.79. The van der Waals surface area contributed by atoms with E-state index in [1.165, 1.54) is 13.2 Å². The van der Waals surface area contributed by atoms with E-state index in [9.17, 15) is 27.2 Å². The van der Waals surface area contributed by atoms with E-state index in [0.717, 1.165) is 17.7 Å². The Balaban J connectivity index is 1.38. The number of aryl methyl sites for hydroxylation is 2. The van der Waals surface area contributed by atoms with Crippen LogP contribution in [0.25, 0.3) is 0 Å². The Morgan fingerprint density at radius 1 is 0.955 bits per heavy atom. The lowest BCUT2D eigenvalue weighted by atomic mass is 9.91. The van der Waals surface area contributed by atoms with Crippen molar-refractivity contribution in [2.24, 2.45) is 0 Å². The van der Waals surface area contributed by atoms with Crippen LogP contribution in [0.4, 0.5) is 34.8 Å². The number of halogens is 4. The molecular weight excluding hydrogens is 578 g/mol. The zero-order chi connectivity index (χ0) is 32.4. The molecule has 0 atom stereocenters. The number of methoxy groups -OCH3 is 1. The first-order valence-corrected chi connectivity index (χ1v) is 14.2. The van der Waals surface area contributed by atoms with E-state index in [0.29, 0.717) is 54.6 Å². The summed E-state index contributed by atoms with van der Waals surface area (Å²) in [5.74, 6) is -1.31. The van der Waals surface area contributed by atoms with Gasteiger partial charge in [-0.25, -0.2) is 19.2 Å². The summed E-state index contributed by atoms with van der Waals surface area (Å²) in [6.07, 6.45) is -4.79. The number of esters is 1. The Hall–Kier alpha value is -4.22. The van der Waals surface area contributed by atoms with E-state index in [4.69, 9.17) is 9.72 Å². The van der Waals surface area contributed by atoms with Crippen molar-refractivity contribution in [3.63, 3.8) is 0 Å². The Labute approximate surface area is 253 Å². The molecule has 0 bridgehead atoms. The van der Waals surface area contributed by atoms with Crippen LogP contribution in [0.15, 0.2) is 36.4 Å². The molecule has 0 N–H and O–H groups in total. The number of anilines is 3. The van der Waals surface area contributed by atoms with Crippen LogP contribution < -0.4 is 9.80 Å². The van der Waals surface area contributed by atoms with Crippen molar-refractivity contribution in [1.82, 2.24) is 14.9 Å². The van der Waals surface area contributed by atoms with Crippen LogP contribution in [0, 0.1) is 19.7 Å². The largest absolute Gasteiger partial charge is 0.465 e. The number of nitrogens with zero attached hydrogens (tertiary/aromatic N) is 5. The first kappa shape index (κ1) is 31.2. The number of carbonyl (C=O) groups is 2. The third-order valence-corrected chi connectivity index (χ3v) is 8.39. The molecule has 44 heavy (non-hydrogen) atoms. The third-order valence-electron chi connectivity index (χ3n) is 8.39. The monoisotopic (exact) mass is 613 g/mol. The zero-order valence-electron chi connectivity index (χ0n) is 25.8. The maximum absolute atomic E-state index is 14.4. The molecule has 1 saturated heterocycles. The van der Waals surface area contributed by atoms with Crippen molar-refractivity contribution in [3.05, 3.63) is 76.0 Å². The highest BCUT2D eigenvalue weighted by Crippen LogP contribution is 2.44. The van der Waals surface area contributed by atoms with Gasteiger partial charge in [-0.05, 0) is 69.7 Å². The Bertz CT molecular complexity index is 1630. The minimum absolute atomic E-state index is 0.242. The van der Waals surface area contributed by atoms with Gasteiger partial charge in [-0.3, -0.25) is 4.79 Å². The maximum Gasteiger partial charge on any atom is 0.419 e. The molecule has 1 fully saturated rings. The molecule has 1 amide bonds. The van der Waals surface area contributed by atoms with Crippen LogP contribution in [0.3, 0.4) is 0 Å². The van der Waals surface area contributed by atoms with Gasteiger partial charge in [-0.2, -0.15) is 13.2 Å². The second-order valence-corrected chi connectivity index (χ2v) is 12.6. The number of piperazine rings is 1. The van der Waals surface area contributed by atoms with Gasteiger partial charge < -0.3 is 19.4 Å². The van der Waals surface area contributed by atoms with E-state index in [-0.39, 0.29) is 17.3 Å². The van der Waals surface area contributed by atoms with Crippen molar-refractivity contribution in [2.75, 3.05) is 43.1 Å². The van der Waals surface area contributed by atoms with Gasteiger partial charge >= 0.3 is 12.1 Å². The second-order valence-electron chi connectivity index (χ2n) is 12.6. The van der Waals surface area contributed by atoms with E-state index in [1.54, 1.807) is 28.9 Å². The number of hydrogen-bond donors (Lipinski definition) is 0. The number of benzene rings is 1. The molecule has 3 aromatic rings. The summed E-state index contributed by atoms with van der Waals surface area (Å²) >= 11 is 0. The molecule has 0 unspecified atom stereocenters. The normalized spacial score (nSPS) is 17.5. The predicted octanol–water partition coefficient (Wildman–Crippen LogP) is 6.21. The number of amides is 1. The lowest BCUT2D eigenvalue weighted by Crippen LogP contribution is -2.61.